The molecule has 1 aromatic heterocycles. The van der Waals surface area contributed by atoms with Gasteiger partial charge in [-0.15, -0.1) is 0 Å². The second kappa shape index (κ2) is 5.10. The molecule has 1 heterocycles. The zero-order valence-corrected chi connectivity index (χ0v) is 12.9. The summed E-state index contributed by atoms with van der Waals surface area (Å²) in [4.78, 5) is 12.2. The Kier molecular flexibility index (Phi) is 3.84. The minimum Gasteiger partial charge on any atom is -0.299 e. The van der Waals surface area contributed by atoms with Crippen molar-refractivity contribution in [1.82, 2.24) is 9.78 Å². The molecule has 0 amide bonds. The summed E-state index contributed by atoms with van der Waals surface area (Å²) in [7, 11) is 1.97. The predicted molar refractivity (Wildman–Crippen MR) is 76.9 cm³/mol. The molecule has 0 spiro atoms. The van der Waals surface area contributed by atoms with Crippen LogP contribution in [-0.2, 0) is 18.3 Å². The molecule has 1 fully saturated rings. The first-order valence-electron chi connectivity index (χ1n) is 7.29. The van der Waals surface area contributed by atoms with Crippen LogP contribution in [-0.4, -0.2) is 15.6 Å². The average molecular weight is 262 g/mol. The van der Waals surface area contributed by atoms with E-state index in [0.29, 0.717) is 17.1 Å². The number of aryl methyl sites for hydroxylation is 2. The van der Waals surface area contributed by atoms with E-state index in [9.17, 15) is 4.79 Å². The van der Waals surface area contributed by atoms with E-state index in [1.807, 2.05) is 18.7 Å². The van der Waals surface area contributed by atoms with E-state index < -0.39 is 0 Å². The van der Waals surface area contributed by atoms with Crippen LogP contribution in [0.3, 0.4) is 0 Å². The van der Waals surface area contributed by atoms with Gasteiger partial charge in [0.15, 0.2) is 0 Å². The number of ketones is 1. The number of nitrogens with zero attached hydrogens (tertiary/aromatic N) is 2. The molecule has 1 saturated carbocycles. The highest BCUT2D eigenvalue weighted by Crippen LogP contribution is 2.39. The van der Waals surface area contributed by atoms with Crippen LogP contribution in [0, 0.1) is 24.2 Å². The van der Waals surface area contributed by atoms with Crippen molar-refractivity contribution in [3.05, 3.63) is 17.5 Å². The Morgan fingerprint density at radius 2 is 2.11 bits per heavy atom. The quantitative estimate of drug-likeness (QED) is 0.819. The summed E-state index contributed by atoms with van der Waals surface area (Å²) in [5.74, 6) is 1.29. The molecule has 3 heteroatoms. The first-order valence-corrected chi connectivity index (χ1v) is 7.29. The second-order valence-corrected chi connectivity index (χ2v) is 7.11. The monoisotopic (exact) mass is 262 g/mol. The topological polar surface area (TPSA) is 34.9 Å². The van der Waals surface area contributed by atoms with Gasteiger partial charge >= 0.3 is 0 Å². The number of hydrogen-bond acceptors (Lipinski definition) is 2. The van der Waals surface area contributed by atoms with E-state index >= 15 is 0 Å². The van der Waals surface area contributed by atoms with Gasteiger partial charge in [0.1, 0.15) is 5.78 Å². The Hall–Kier alpha value is -1.12. The lowest BCUT2D eigenvalue weighted by molar-refractivity contribution is -0.126. The van der Waals surface area contributed by atoms with Gasteiger partial charge in [0.05, 0.1) is 5.69 Å². The lowest BCUT2D eigenvalue weighted by Crippen LogP contribution is -2.33. The molecule has 1 aliphatic carbocycles. The molecule has 2 unspecified atom stereocenters. The normalized spacial score (nSPS) is 24.8. The van der Waals surface area contributed by atoms with Gasteiger partial charge in [-0.3, -0.25) is 9.48 Å². The number of rotatable bonds is 2. The Balaban J connectivity index is 2.10. The molecule has 0 radical (unpaired) electrons. The molecule has 1 aliphatic rings. The van der Waals surface area contributed by atoms with E-state index in [-0.39, 0.29) is 5.92 Å². The average Bonchev–Trinajstić information content (AvgIpc) is 2.59. The van der Waals surface area contributed by atoms with E-state index in [0.717, 1.165) is 31.4 Å². The number of Topliss-reactive ketones (excluding diaryl/α,β-unsaturated/α-hetero) is 1. The molecule has 0 N–H and O–H groups in total. The molecular formula is C16H26N2O. The van der Waals surface area contributed by atoms with Gasteiger partial charge in [0.25, 0.3) is 0 Å². The van der Waals surface area contributed by atoms with Crippen molar-refractivity contribution in [2.24, 2.45) is 24.3 Å². The van der Waals surface area contributed by atoms with E-state index in [1.54, 1.807) is 0 Å². The van der Waals surface area contributed by atoms with Crippen molar-refractivity contribution in [2.75, 3.05) is 0 Å². The second-order valence-electron chi connectivity index (χ2n) is 7.11. The molecule has 106 valence electrons. The van der Waals surface area contributed by atoms with E-state index in [1.165, 1.54) is 5.69 Å². The highest BCUT2D eigenvalue weighted by Gasteiger charge is 2.35. The van der Waals surface area contributed by atoms with Crippen molar-refractivity contribution in [1.29, 1.82) is 0 Å². The maximum Gasteiger partial charge on any atom is 0.136 e. The minimum atomic E-state index is 0.188. The lowest BCUT2D eigenvalue weighted by Gasteiger charge is -2.37. The Morgan fingerprint density at radius 3 is 2.63 bits per heavy atom. The maximum atomic E-state index is 12.2. The van der Waals surface area contributed by atoms with E-state index in [4.69, 9.17) is 0 Å². The fourth-order valence-electron chi connectivity index (χ4n) is 3.20. The molecule has 0 saturated heterocycles. The molecular weight excluding hydrogens is 236 g/mol. The molecule has 2 atom stereocenters. The first kappa shape index (κ1) is 14.3. The Bertz CT molecular complexity index is 468. The van der Waals surface area contributed by atoms with Crippen molar-refractivity contribution in [3.8, 4) is 0 Å². The molecule has 0 bridgehead atoms. The minimum absolute atomic E-state index is 0.188. The third-order valence-corrected chi connectivity index (χ3v) is 4.54. The Morgan fingerprint density at radius 1 is 1.42 bits per heavy atom. The van der Waals surface area contributed by atoms with E-state index in [2.05, 4.69) is 31.9 Å². The zero-order valence-electron chi connectivity index (χ0n) is 12.9. The van der Waals surface area contributed by atoms with Gasteiger partial charge in [-0.2, -0.15) is 5.10 Å². The molecule has 0 aromatic carbocycles. The van der Waals surface area contributed by atoms with Crippen LogP contribution in [0.15, 0.2) is 6.07 Å². The first-order chi connectivity index (χ1) is 8.77. The van der Waals surface area contributed by atoms with Crippen molar-refractivity contribution in [2.45, 2.75) is 53.4 Å². The molecule has 0 aliphatic heterocycles. The number of carbonyl (C=O) groups is 1. The summed E-state index contributed by atoms with van der Waals surface area (Å²) in [6.07, 6.45) is 3.70. The van der Waals surface area contributed by atoms with Crippen LogP contribution in [0.5, 0.6) is 0 Å². The number of carbonyl (C=O) groups excluding carboxylic acids is 1. The fraction of sp³-hybridized carbons (Fsp3) is 0.750. The summed E-state index contributed by atoms with van der Waals surface area (Å²) in [6, 6.07) is 2.11. The Labute approximate surface area is 116 Å². The lowest BCUT2D eigenvalue weighted by atomic mass is 9.68. The highest BCUT2D eigenvalue weighted by atomic mass is 16.1. The van der Waals surface area contributed by atoms with Crippen LogP contribution in [0.1, 0.15) is 51.4 Å². The van der Waals surface area contributed by atoms with Gasteiger partial charge in [-0.25, -0.2) is 0 Å². The third-order valence-electron chi connectivity index (χ3n) is 4.54. The van der Waals surface area contributed by atoms with Crippen LogP contribution in [0.4, 0.5) is 0 Å². The van der Waals surface area contributed by atoms with Crippen LogP contribution in [0.2, 0.25) is 0 Å². The van der Waals surface area contributed by atoms with Crippen molar-refractivity contribution >= 4 is 5.78 Å². The van der Waals surface area contributed by atoms with Gasteiger partial charge < -0.3 is 0 Å². The standard InChI is InChI=1S/C16H26N2O/c1-11-8-14(18(5)17-11)10-12-9-13(16(2,3)4)6-7-15(12)19/h8,12-13H,6-7,9-10H2,1-5H3. The summed E-state index contributed by atoms with van der Waals surface area (Å²) in [5, 5.41) is 4.37. The smallest absolute Gasteiger partial charge is 0.136 e. The van der Waals surface area contributed by atoms with Crippen LogP contribution in [0.25, 0.3) is 0 Å². The molecule has 2 rings (SSSR count). The largest absolute Gasteiger partial charge is 0.299 e. The van der Waals surface area contributed by atoms with Gasteiger partial charge in [-0.1, -0.05) is 20.8 Å². The molecule has 19 heavy (non-hydrogen) atoms. The van der Waals surface area contributed by atoms with Gasteiger partial charge in [0.2, 0.25) is 0 Å². The zero-order chi connectivity index (χ0) is 14.2. The van der Waals surface area contributed by atoms with Gasteiger partial charge in [-0.05, 0) is 43.6 Å². The van der Waals surface area contributed by atoms with Crippen LogP contribution >= 0.6 is 0 Å². The van der Waals surface area contributed by atoms with Crippen molar-refractivity contribution < 1.29 is 4.79 Å². The van der Waals surface area contributed by atoms with Crippen molar-refractivity contribution in [3.63, 3.8) is 0 Å². The van der Waals surface area contributed by atoms with Crippen LogP contribution < -0.4 is 0 Å². The molecule has 3 nitrogen and oxygen atoms in total. The third kappa shape index (κ3) is 3.26. The fourth-order valence-corrected chi connectivity index (χ4v) is 3.20. The SMILES string of the molecule is Cc1cc(CC2CC(C(C)(C)C)CCC2=O)n(C)n1. The number of aromatic nitrogens is 2. The molecule has 1 aromatic rings. The van der Waals surface area contributed by atoms with Gasteiger partial charge in [0, 0.05) is 25.1 Å². The summed E-state index contributed by atoms with van der Waals surface area (Å²) >= 11 is 0. The summed E-state index contributed by atoms with van der Waals surface area (Å²) in [5.41, 5.74) is 2.53. The predicted octanol–water partition coefficient (Wildman–Crippen LogP) is 3.30. The highest BCUT2D eigenvalue weighted by molar-refractivity contribution is 5.82. The maximum absolute atomic E-state index is 12.2. The number of hydrogen-bond donors (Lipinski definition) is 0. The summed E-state index contributed by atoms with van der Waals surface area (Å²) < 4.78 is 1.92. The summed E-state index contributed by atoms with van der Waals surface area (Å²) in [6.45, 7) is 8.88.